The Morgan fingerprint density at radius 1 is 1.27 bits per heavy atom. The van der Waals surface area contributed by atoms with E-state index in [-0.39, 0.29) is 4.90 Å². The molecule has 1 N–H and O–H groups in total. The van der Waals surface area contributed by atoms with Crippen LogP contribution in [0.4, 0.5) is 0 Å². The number of hydrogen-bond acceptors (Lipinski definition) is 5. The molecular weight excluding hydrogens is 306 g/mol. The Morgan fingerprint density at radius 2 is 2.05 bits per heavy atom. The number of fused-ring (bicyclic) bond motifs is 1. The first kappa shape index (κ1) is 14.9. The van der Waals surface area contributed by atoms with Crippen molar-refractivity contribution in [3.05, 3.63) is 36.2 Å². The lowest BCUT2D eigenvalue weighted by molar-refractivity contribution is 0.171. The lowest BCUT2D eigenvalue weighted by Gasteiger charge is -2.18. The van der Waals surface area contributed by atoms with Gasteiger partial charge in [-0.3, -0.25) is 4.68 Å². The number of aryl methyl sites for hydroxylation is 1. The van der Waals surface area contributed by atoms with E-state index in [1.165, 1.54) is 17.1 Å². The molecule has 0 fully saturated rings. The van der Waals surface area contributed by atoms with Gasteiger partial charge in [-0.2, -0.15) is 5.10 Å². The zero-order chi connectivity index (χ0) is 15.6. The van der Waals surface area contributed by atoms with Crippen molar-refractivity contribution in [2.45, 2.75) is 11.3 Å². The normalized spacial score (nSPS) is 14.0. The summed E-state index contributed by atoms with van der Waals surface area (Å²) in [6.45, 7) is 1.39. The van der Waals surface area contributed by atoms with Crippen molar-refractivity contribution in [3.8, 4) is 11.5 Å². The number of nitrogens with zero attached hydrogens (tertiary/aromatic N) is 2. The molecule has 1 aliphatic heterocycles. The Bertz CT molecular complexity index is 770. The lowest BCUT2D eigenvalue weighted by atomic mass is 10.1. The van der Waals surface area contributed by atoms with Gasteiger partial charge in [0.2, 0.25) is 10.0 Å². The minimum Gasteiger partial charge on any atom is -0.486 e. The highest BCUT2D eigenvalue weighted by atomic mass is 32.2. The molecule has 0 saturated heterocycles. The average Bonchev–Trinajstić information content (AvgIpc) is 2.94. The lowest BCUT2D eigenvalue weighted by Crippen LogP contribution is -2.25. The van der Waals surface area contributed by atoms with Crippen molar-refractivity contribution in [2.24, 2.45) is 7.05 Å². The van der Waals surface area contributed by atoms with Crippen LogP contribution in [-0.2, 0) is 23.5 Å². The van der Waals surface area contributed by atoms with Gasteiger partial charge in [0.25, 0.3) is 0 Å². The highest BCUT2D eigenvalue weighted by Crippen LogP contribution is 2.30. The summed E-state index contributed by atoms with van der Waals surface area (Å²) in [5.41, 5.74) is 0.984. The molecular formula is C14H17N3O4S. The highest BCUT2D eigenvalue weighted by molar-refractivity contribution is 7.89. The second-order valence-electron chi connectivity index (χ2n) is 4.98. The van der Waals surface area contributed by atoms with Crippen LogP contribution in [0.15, 0.2) is 35.5 Å². The van der Waals surface area contributed by atoms with Gasteiger partial charge in [0.05, 0.1) is 6.20 Å². The molecule has 0 atom stereocenters. The second kappa shape index (κ2) is 5.98. The van der Waals surface area contributed by atoms with E-state index < -0.39 is 10.0 Å². The van der Waals surface area contributed by atoms with E-state index in [2.05, 4.69) is 9.82 Å². The Hall–Kier alpha value is -2.06. The SMILES string of the molecule is Cn1cc(S(=O)(=O)NCCc2ccc3c(c2)OCCO3)cn1. The summed E-state index contributed by atoms with van der Waals surface area (Å²) in [4.78, 5) is 0.164. The van der Waals surface area contributed by atoms with Gasteiger partial charge in [-0.15, -0.1) is 0 Å². The van der Waals surface area contributed by atoms with E-state index in [0.29, 0.717) is 31.9 Å². The van der Waals surface area contributed by atoms with E-state index >= 15 is 0 Å². The molecule has 0 spiro atoms. The molecule has 0 aliphatic carbocycles. The molecule has 1 aromatic carbocycles. The Balaban J connectivity index is 1.61. The minimum atomic E-state index is -3.52. The first-order valence-corrected chi connectivity index (χ1v) is 8.40. The molecule has 0 saturated carbocycles. The van der Waals surface area contributed by atoms with Crippen molar-refractivity contribution in [1.29, 1.82) is 0 Å². The topological polar surface area (TPSA) is 82.5 Å². The Kier molecular flexibility index (Phi) is 4.04. The van der Waals surface area contributed by atoms with E-state index in [0.717, 1.165) is 11.3 Å². The van der Waals surface area contributed by atoms with E-state index in [1.54, 1.807) is 7.05 Å². The van der Waals surface area contributed by atoms with Crippen molar-refractivity contribution < 1.29 is 17.9 Å². The van der Waals surface area contributed by atoms with Crippen LogP contribution in [-0.4, -0.2) is 38.0 Å². The second-order valence-corrected chi connectivity index (χ2v) is 6.74. The number of ether oxygens (including phenoxy) is 2. The average molecular weight is 323 g/mol. The summed E-state index contributed by atoms with van der Waals surface area (Å²) in [5, 5.41) is 3.86. The van der Waals surface area contributed by atoms with Crippen LogP contribution in [0, 0.1) is 0 Å². The predicted molar refractivity (Wildman–Crippen MR) is 79.5 cm³/mol. The molecule has 2 aromatic rings. The number of aromatic nitrogens is 2. The van der Waals surface area contributed by atoms with Gasteiger partial charge < -0.3 is 9.47 Å². The maximum absolute atomic E-state index is 12.1. The molecule has 118 valence electrons. The smallest absolute Gasteiger partial charge is 0.243 e. The van der Waals surface area contributed by atoms with E-state index in [4.69, 9.17) is 9.47 Å². The molecule has 8 heteroatoms. The minimum absolute atomic E-state index is 0.164. The summed E-state index contributed by atoms with van der Waals surface area (Å²) in [6, 6.07) is 5.64. The summed E-state index contributed by atoms with van der Waals surface area (Å²) >= 11 is 0. The van der Waals surface area contributed by atoms with Crippen molar-refractivity contribution in [1.82, 2.24) is 14.5 Å². The van der Waals surface area contributed by atoms with E-state index in [1.807, 2.05) is 18.2 Å². The van der Waals surface area contributed by atoms with Crippen LogP contribution >= 0.6 is 0 Å². The molecule has 1 aliphatic rings. The number of nitrogens with one attached hydrogen (secondary N) is 1. The summed E-state index contributed by atoms with van der Waals surface area (Å²) in [7, 11) is -1.84. The molecule has 0 unspecified atom stereocenters. The fourth-order valence-corrected chi connectivity index (χ4v) is 3.21. The largest absolute Gasteiger partial charge is 0.486 e. The Morgan fingerprint density at radius 3 is 2.77 bits per heavy atom. The third-order valence-electron chi connectivity index (χ3n) is 3.30. The van der Waals surface area contributed by atoms with Crippen molar-refractivity contribution >= 4 is 10.0 Å². The molecule has 7 nitrogen and oxygen atoms in total. The number of rotatable bonds is 5. The molecule has 1 aromatic heterocycles. The van der Waals surface area contributed by atoms with Gasteiger partial charge in [0.15, 0.2) is 11.5 Å². The van der Waals surface area contributed by atoms with Gasteiger partial charge in [-0.05, 0) is 24.1 Å². The van der Waals surface area contributed by atoms with Crippen molar-refractivity contribution in [3.63, 3.8) is 0 Å². The fraction of sp³-hybridized carbons (Fsp3) is 0.357. The monoisotopic (exact) mass is 323 g/mol. The van der Waals surface area contributed by atoms with Crippen LogP contribution < -0.4 is 14.2 Å². The molecule has 22 heavy (non-hydrogen) atoms. The molecule has 0 amide bonds. The quantitative estimate of drug-likeness (QED) is 0.876. The van der Waals surface area contributed by atoms with Gasteiger partial charge in [0.1, 0.15) is 18.1 Å². The molecule has 2 heterocycles. The standard InChI is InChI=1S/C14H17N3O4S/c1-17-10-12(9-15-17)22(18,19)16-5-4-11-2-3-13-14(8-11)21-7-6-20-13/h2-3,8-10,16H,4-7H2,1H3. The Labute approximate surface area is 128 Å². The fourth-order valence-electron chi connectivity index (χ4n) is 2.19. The molecule has 3 rings (SSSR count). The third kappa shape index (κ3) is 3.23. The van der Waals surface area contributed by atoms with Gasteiger partial charge >= 0.3 is 0 Å². The van der Waals surface area contributed by atoms with Crippen LogP contribution in [0.1, 0.15) is 5.56 Å². The summed E-state index contributed by atoms with van der Waals surface area (Å²) < 4.78 is 39.1. The third-order valence-corrected chi connectivity index (χ3v) is 4.72. The zero-order valence-electron chi connectivity index (χ0n) is 12.2. The number of sulfonamides is 1. The molecule has 0 radical (unpaired) electrons. The summed E-state index contributed by atoms with van der Waals surface area (Å²) in [6.07, 6.45) is 3.36. The van der Waals surface area contributed by atoms with E-state index in [9.17, 15) is 8.42 Å². The maximum Gasteiger partial charge on any atom is 0.243 e. The van der Waals surface area contributed by atoms with Gasteiger partial charge in [-0.1, -0.05) is 6.07 Å². The highest BCUT2D eigenvalue weighted by Gasteiger charge is 2.16. The van der Waals surface area contributed by atoms with Crippen LogP contribution in [0.5, 0.6) is 11.5 Å². The van der Waals surface area contributed by atoms with Crippen LogP contribution in [0.3, 0.4) is 0 Å². The number of hydrogen-bond donors (Lipinski definition) is 1. The van der Waals surface area contributed by atoms with Gasteiger partial charge in [0, 0.05) is 19.8 Å². The van der Waals surface area contributed by atoms with Crippen molar-refractivity contribution in [2.75, 3.05) is 19.8 Å². The maximum atomic E-state index is 12.1. The van der Waals surface area contributed by atoms with Crippen LogP contribution in [0.2, 0.25) is 0 Å². The van der Waals surface area contributed by atoms with Crippen LogP contribution in [0.25, 0.3) is 0 Å². The predicted octanol–water partition coefficient (Wildman–Crippen LogP) is 0.712. The molecule has 0 bridgehead atoms. The summed E-state index contributed by atoms with van der Waals surface area (Å²) in [5.74, 6) is 1.44. The number of benzene rings is 1. The first-order valence-electron chi connectivity index (χ1n) is 6.91. The first-order chi connectivity index (χ1) is 10.5. The van der Waals surface area contributed by atoms with Gasteiger partial charge in [-0.25, -0.2) is 13.1 Å². The zero-order valence-corrected chi connectivity index (χ0v) is 13.0.